The van der Waals surface area contributed by atoms with Crippen molar-refractivity contribution < 1.29 is 4.57 Å². The molecule has 0 aromatic heterocycles. The second-order valence-electron chi connectivity index (χ2n) is 4.97. The number of rotatable bonds is 2. The van der Waals surface area contributed by atoms with Crippen molar-refractivity contribution >= 4 is 24.9 Å². The number of hydrogen-bond acceptors (Lipinski definition) is 2. The third kappa shape index (κ3) is 3.84. The fourth-order valence-electron chi connectivity index (χ4n) is 2.26. The van der Waals surface area contributed by atoms with Crippen LogP contribution in [0.2, 0.25) is 0 Å². The van der Waals surface area contributed by atoms with Crippen molar-refractivity contribution in [2.24, 2.45) is 0 Å². The summed E-state index contributed by atoms with van der Waals surface area (Å²) in [7, 11) is -2.09. The molecule has 1 aliphatic rings. The van der Waals surface area contributed by atoms with Gasteiger partial charge in [0.2, 0.25) is 0 Å². The Morgan fingerprint density at radius 1 is 1.12 bits per heavy atom. The molecule has 2 nitrogen and oxygen atoms in total. The van der Waals surface area contributed by atoms with Gasteiger partial charge >= 0.3 is 0 Å². The molecule has 0 atom stereocenters. The van der Waals surface area contributed by atoms with Crippen LogP contribution in [-0.4, -0.2) is 26.4 Å². The van der Waals surface area contributed by atoms with Gasteiger partial charge in [-0.2, -0.15) is 0 Å². The van der Waals surface area contributed by atoms with Gasteiger partial charge in [-0.05, 0) is 50.7 Å². The van der Waals surface area contributed by atoms with E-state index in [1.807, 2.05) is 25.5 Å². The van der Waals surface area contributed by atoms with Gasteiger partial charge in [-0.1, -0.05) is 24.3 Å². The van der Waals surface area contributed by atoms with Gasteiger partial charge < -0.3 is 9.88 Å². The van der Waals surface area contributed by atoms with Gasteiger partial charge in [-0.3, -0.25) is 0 Å². The normalized spacial score (nSPS) is 17.5. The summed E-state index contributed by atoms with van der Waals surface area (Å²) in [4.78, 5) is 0. The molecular formula is C13H21ClNOP. The first kappa shape index (κ1) is 14.8. The van der Waals surface area contributed by atoms with Gasteiger partial charge in [0.15, 0.2) is 0 Å². The van der Waals surface area contributed by atoms with Crippen molar-refractivity contribution in [1.29, 1.82) is 0 Å². The summed E-state index contributed by atoms with van der Waals surface area (Å²) in [6.07, 6.45) is 2.44. The van der Waals surface area contributed by atoms with E-state index in [-0.39, 0.29) is 12.4 Å². The Labute approximate surface area is 110 Å². The molecule has 1 aromatic rings. The van der Waals surface area contributed by atoms with E-state index in [2.05, 4.69) is 17.4 Å². The molecular weight excluding hydrogens is 253 g/mol. The van der Waals surface area contributed by atoms with Crippen LogP contribution in [0.25, 0.3) is 0 Å². The minimum atomic E-state index is -2.09. The average Bonchev–Trinajstić information content (AvgIpc) is 2.29. The van der Waals surface area contributed by atoms with Crippen molar-refractivity contribution in [3.63, 3.8) is 0 Å². The van der Waals surface area contributed by atoms with Crippen molar-refractivity contribution in [1.82, 2.24) is 5.32 Å². The van der Waals surface area contributed by atoms with Crippen LogP contribution >= 0.6 is 19.5 Å². The number of piperidine rings is 1. The summed E-state index contributed by atoms with van der Waals surface area (Å²) in [5.41, 5.74) is 1.40. The minimum absolute atomic E-state index is 0. The molecule has 96 valence electrons. The highest BCUT2D eigenvalue weighted by Crippen LogP contribution is 2.35. The summed E-state index contributed by atoms with van der Waals surface area (Å²) in [6.45, 7) is 5.89. The van der Waals surface area contributed by atoms with Gasteiger partial charge in [0.25, 0.3) is 0 Å². The maximum Gasteiger partial charge on any atom is 0.109 e. The zero-order valence-corrected chi connectivity index (χ0v) is 12.2. The lowest BCUT2D eigenvalue weighted by Crippen LogP contribution is -2.26. The van der Waals surface area contributed by atoms with Crippen LogP contribution in [0.15, 0.2) is 24.3 Å². The summed E-state index contributed by atoms with van der Waals surface area (Å²) in [5.74, 6) is 0.684. The first-order valence-electron chi connectivity index (χ1n) is 5.93. The van der Waals surface area contributed by atoms with Gasteiger partial charge in [-0.15, -0.1) is 12.4 Å². The SMILES string of the molecule is CP(C)(=O)c1ccc(C2CCNCC2)cc1.Cl. The molecule has 1 aromatic carbocycles. The van der Waals surface area contributed by atoms with Gasteiger partial charge in [0.05, 0.1) is 0 Å². The lowest BCUT2D eigenvalue weighted by Gasteiger charge is -2.23. The van der Waals surface area contributed by atoms with Gasteiger partial charge in [0.1, 0.15) is 7.14 Å². The van der Waals surface area contributed by atoms with E-state index >= 15 is 0 Å². The van der Waals surface area contributed by atoms with Crippen LogP contribution in [0.3, 0.4) is 0 Å². The number of nitrogens with one attached hydrogen (secondary N) is 1. The van der Waals surface area contributed by atoms with E-state index in [9.17, 15) is 4.57 Å². The Hall–Kier alpha value is -0.300. The third-order valence-corrected chi connectivity index (χ3v) is 4.87. The van der Waals surface area contributed by atoms with Crippen molar-refractivity contribution in [2.45, 2.75) is 18.8 Å². The molecule has 0 bridgehead atoms. The molecule has 0 aliphatic carbocycles. The summed E-state index contributed by atoms with van der Waals surface area (Å²) in [5, 5.41) is 4.37. The molecule has 0 amide bonds. The number of halogens is 1. The molecule has 0 unspecified atom stereocenters. The maximum atomic E-state index is 11.9. The summed E-state index contributed by atoms with van der Waals surface area (Å²) < 4.78 is 11.9. The molecule has 1 fully saturated rings. The van der Waals surface area contributed by atoms with E-state index in [1.54, 1.807) is 0 Å². The Balaban J connectivity index is 0.00000144. The monoisotopic (exact) mass is 273 g/mol. The average molecular weight is 274 g/mol. The molecule has 1 heterocycles. The third-order valence-electron chi connectivity index (χ3n) is 3.33. The van der Waals surface area contributed by atoms with Crippen LogP contribution in [0.1, 0.15) is 24.3 Å². The minimum Gasteiger partial charge on any atom is -0.319 e. The second kappa shape index (κ2) is 6.04. The predicted molar refractivity (Wildman–Crippen MR) is 77.6 cm³/mol. The van der Waals surface area contributed by atoms with E-state index in [4.69, 9.17) is 0 Å². The predicted octanol–water partition coefficient (Wildman–Crippen LogP) is 2.82. The second-order valence-corrected chi connectivity index (χ2v) is 8.18. The highest BCUT2D eigenvalue weighted by molar-refractivity contribution is 7.70. The van der Waals surface area contributed by atoms with Crippen molar-refractivity contribution in [2.75, 3.05) is 26.4 Å². The fourth-order valence-corrected chi connectivity index (χ4v) is 3.13. The highest BCUT2D eigenvalue weighted by Gasteiger charge is 2.16. The van der Waals surface area contributed by atoms with E-state index in [0.717, 1.165) is 18.4 Å². The zero-order valence-electron chi connectivity index (χ0n) is 10.5. The molecule has 4 heteroatoms. The molecule has 1 N–H and O–H groups in total. The summed E-state index contributed by atoms with van der Waals surface area (Å²) >= 11 is 0. The molecule has 2 rings (SSSR count). The maximum absolute atomic E-state index is 11.9. The molecule has 1 aliphatic heterocycles. The highest BCUT2D eigenvalue weighted by atomic mass is 35.5. The standard InChI is InChI=1S/C13H20NOP.ClH/c1-16(2,15)13-5-3-11(4-6-13)12-7-9-14-10-8-12;/h3-6,12,14H,7-10H2,1-2H3;1H. The molecule has 17 heavy (non-hydrogen) atoms. The van der Waals surface area contributed by atoms with E-state index in [1.165, 1.54) is 18.4 Å². The summed E-state index contributed by atoms with van der Waals surface area (Å²) in [6, 6.07) is 8.40. The Morgan fingerprint density at radius 3 is 2.12 bits per heavy atom. The zero-order chi connectivity index (χ0) is 11.6. The Kier molecular flexibility index (Phi) is 5.24. The van der Waals surface area contributed by atoms with Gasteiger partial charge in [0, 0.05) is 5.30 Å². The first-order valence-corrected chi connectivity index (χ1v) is 8.54. The van der Waals surface area contributed by atoms with E-state index < -0.39 is 7.14 Å². The fraction of sp³-hybridized carbons (Fsp3) is 0.538. The van der Waals surface area contributed by atoms with Crippen molar-refractivity contribution in [3.05, 3.63) is 29.8 Å². The van der Waals surface area contributed by atoms with Crippen molar-refractivity contribution in [3.8, 4) is 0 Å². The van der Waals surface area contributed by atoms with E-state index in [0.29, 0.717) is 5.92 Å². The van der Waals surface area contributed by atoms with Crippen LogP contribution in [0, 0.1) is 0 Å². The molecule has 0 spiro atoms. The molecule has 0 radical (unpaired) electrons. The first-order chi connectivity index (χ1) is 7.57. The Bertz CT molecular complexity index is 392. The number of benzene rings is 1. The van der Waals surface area contributed by atoms with Crippen LogP contribution in [0.5, 0.6) is 0 Å². The molecule has 1 saturated heterocycles. The Morgan fingerprint density at radius 2 is 1.65 bits per heavy atom. The van der Waals surface area contributed by atoms with Crippen LogP contribution in [0.4, 0.5) is 0 Å². The lowest BCUT2D eigenvalue weighted by molar-refractivity contribution is 0.460. The topological polar surface area (TPSA) is 29.1 Å². The molecule has 0 saturated carbocycles. The quantitative estimate of drug-likeness (QED) is 0.840. The lowest BCUT2D eigenvalue weighted by atomic mass is 9.90. The van der Waals surface area contributed by atoms with Gasteiger partial charge in [-0.25, -0.2) is 0 Å². The van der Waals surface area contributed by atoms with Crippen LogP contribution < -0.4 is 10.6 Å². The van der Waals surface area contributed by atoms with Crippen LogP contribution in [-0.2, 0) is 4.57 Å². The largest absolute Gasteiger partial charge is 0.319 e. The number of hydrogen-bond donors (Lipinski definition) is 1. The smallest absolute Gasteiger partial charge is 0.109 e.